The number of benzene rings is 1. The molecule has 0 saturated heterocycles. The van der Waals surface area contributed by atoms with E-state index < -0.39 is 0 Å². The Morgan fingerprint density at radius 2 is 1.95 bits per heavy atom. The number of amides is 1. The van der Waals surface area contributed by atoms with Crippen molar-refractivity contribution >= 4 is 23.1 Å². The number of aryl methyl sites for hydroxylation is 1. The Balaban J connectivity index is 1.76. The molecule has 0 aliphatic carbocycles. The van der Waals surface area contributed by atoms with E-state index in [4.69, 9.17) is 0 Å². The van der Waals surface area contributed by atoms with Gasteiger partial charge in [0.25, 0.3) is 5.91 Å². The molecule has 2 heterocycles. The molecule has 0 radical (unpaired) electrons. The van der Waals surface area contributed by atoms with Crippen LogP contribution in [0.4, 0.5) is 5.82 Å². The molecule has 4 heteroatoms. The van der Waals surface area contributed by atoms with Crippen LogP contribution in [0.25, 0.3) is 10.4 Å². The average Bonchev–Trinajstić information content (AvgIpc) is 3.01. The van der Waals surface area contributed by atoms with Crippen LogP contribution in [0.15, 0.2) is 60.1 Å². The van der Waals surface area contributed by atoms with Crippen LogP contribution in [0.5, 0.6) is 0 Å². The minimum atomic E-state index is -0.147. The average molecular weight is 294 g/mol. The van der Waals surface area contributed by atoms with Crippen LogP contribution < -0.4 is 5.32 Å². The fourth-order valence-corrected chi connectivity index (χ4v) is 2.75. The van der Waals surface area contributed by atoms with E-state index in [-0.39, 0.29) is 5.91 Å². The minimum absolute atomic E-state index is 0.147. The molecule has 0 aliphatic rings. The van der Waals surface area contributed by atoms with Crippen molar-refractivity contribution in [3.63, 3.8) is 0 Å². The second kappa shape index (κ2) is 5.89. The first kappa shape index (κ1) is 13.5. The lowest BCUT2D eigenvalue weighted by molar-refractivity contribution is 0.102. The zero-order valence-electron chi connectivity index (χ0n) is 11.5. The molecule has 3 nitrogen and oxygen atoms in total. The molecule has 1 aromatic carbocycles. The van der Waals surface area contributed by atoms with E-state index in [1.165, 1.54) is 4.88 Å². The van der Waals surface area contributed by atoms with Gasteiger partial charge in [0.2, 0.25) is 0 Å². The maximum absolute atomic E-state index is 12.2. The summed E-state index contributed by atoms with van der Waals surface area (Å²) < 4.78 is 0. The van der Waals surface area contributed by atoms with Crippen LogP contribution in [0.2, 0.25) is 0 Å². The molecular formula is C17H14N2OS. The molecule has 0 bridgehead atoms. The van der Waals surface area contributed by atoms with Gasteiger partial charge in [-0.05, 0) is 53.8 Å². The van der Waals surface area contributed by atoms with E-state index in [0.717, 1.165) is 11.1 Å². The minimum Gasteiger partial charge on any atom is -0.307 e. The quantitative estimate of drug-likeness (QED) is 0.779. The van der Waals surface area contributed by atoms with Gasteiger partial charge in [0, 0.05) is 16.6 Å². The number of rotatable bonds is 3. The molecule has 0 atom stereocenters. The van der Waals surface area contributed by atoms with Gasteiger partial charge in [-0.15, -0.1) is 11.3 Å². The third kappa shape index (κ3) is 3.17. The van der Waals surface area contributed by atoms with Crippen molar-refractivity contribution in [3.05, 3.63) is 71.2 Å². The summed E-state index contributed by atoms with van der Waals surface area (Å²) in [5.41, 5.74) is 2.81. The first-order valence-electron chi connectivity index (χ1n) is 6.60. The van der Waals surface area contributed by atoms with Gasteiger partial charge in [-0.1, -0.05) is 18.2 Å². The summed E-state index contributed by atoms with van der Waals surface area (Å²) in [6.07, 6.45) is 1.69. The van der Waals surface area contributed by atoms with E-state index in [1.807, 2.05) is 54.8 Å². The molecule has 0 unspecified atom stereocenters. The van der Waals surface area contributed by atoms with Crippen molar-refractivity contribution in [1.29, 1.82) is 0 Å². The maximum atomic E-state index is 12.2. The van der Waals surface area contributed by atoms with Gasteiger partial charge in [0.05, 0.1) is 0 Å². The number of nitrogens with zero attached hydrogens (tertiary/aromatic N) is 1. The normalized spacial score (nSPS) is 10.3. The Bertz CT molecular complexity index is 749. The van der Waals surface area contributed by atoms with Crippen LogP contribution >= 0.6 is 11.3 Å². The fourth-order valence-electron chi connectivity index (χ4n) is 2.02. The number of hydrogen-bond acceptors (Lipinski definition) is 3. The van der Waals surface area contributed by atoms with Crippen molar-refractivity contribution < 1.29 is 4.79 Å². The summed E-state index contributed by atoms with van der Waals surface area (Å²) in [5.74, 6) is 0.424. The van der Waals surface area contributed by atoms with Crippen LogP contribution in [0.1, 0.15) is 15.9 Å². The monoisotopic (exact) mass is 294 g/mol. The van der Waals surface area contributed by atoms with E-state index in [0.29, 0.717) is 11.4 Å². The van der Waals surface area contributed by atoms with E-state index in [9.17, 15) is 4.79 Å². The van der Waals surface area contributed by atoms with Crippen molar-refractivity contribution in [2.24, 2.45) is 0 Å². The second-order valence-electron chi connectivity index (χ2n) is 4.73. The van der Waals surface area contributed by atoms with Crippen LogP contribution in [0, 0.1) is 6.92 Å². The Morgan fingerprint density at radius 1 is 1.14 bits per heavy atom. The zero-order chi connectivity index (χ0) is 14.7. The Morgan fingerprint density at radius 3 is 2.62 bits per heavy atom. The molecular weight excluding hydrogens is 280 g/mol. The predicted octanol–water partition coefficient (Wildman–Crippen LogP) is 4.37. The highest BCUT2D eigenvalue weighted by atomic mass is 32.1. The molecule has 104 valence electrons. The highest BCUT2D eigenvalue weighted by Gasteiger charge is 2.07. The summed E-state index contributed by atoms with van der Waals surface area (Å²) >= 11 is 1.68. The predicted molar refractivity (Wildman–Crippen MR) is 86.7 cm³/mol. The SMILES string of the molecule is Cc1ccnc(NC(=O)c2ccc(-c3cccs3)cc2)c1. The van der Waals surface area contributed by atoms with Gasteiger partial charge in [-0.2, -0.15) is 0 Å². The Hall–Kier alpha value is -2.46. The van der Waals surface area contributed by atoms with E-state index in [1.54, 1.807) is 17.5 Å². The third-order valence-electron chi connectivity index (χ3n) is 3.11. The number of anilines is 1. The first-order valence-corrected chi connectivity index (χ1v) is 7.48. The van der Waals surface area contributed by atoms with Gasteiger partial charge >= 0.3 is 0 Å². The Labute approximate surface area is 127 Å². The molecule has 2 aromatic heterocycles. The maximum Gasteiger partial charge on any atom is 0.256 e. The zero-order valence-corrected chi connectivity index (χ0v) is 12.4. The fraction of sp³-hybridized carbons (Fsp3) is 0.0588. The van der Waals surface area contributed by atoms with E-state index >= 15 is 0 Å². The summed E-state index contributed by atoms with van der Waals surface area (Å²) in [6, 6.07) is 15.4. The van der Waals surface area contributed by atoms with Crippen LogP contribution in [0.3, 0.4) is 0 Å². The van der Waals surface area contributed by atoms with E-state index in [2.05, 4.69) is 16.4 Å². The summed E-state index contributed by atoms with van der Waals surface area (Å²) in [6.45, 7) is 1.97. The van der Waals surface area contributed by atoms with Gasteiger partial charge in [-0.3, -0.25) is 4.79 Å². The molecule has 0 aliphatic heterocycles. The summed E-state index contributed by atoms with van der Waals surface area (Å²) in [5, 5.41) is 4.85. The molecule has 0 fully saturated rings. The lowest BCUT2D eigenvalue weighted by Crippen LogP contribution is -2.12. The van der Waals surface area contributed by atoms with Crippen molar-refractivity contribution in [3.8, 4) is 10.4 Å². The topological polar surface area (TPSA) is 42.0 Å². The lowest BCUT2D eigenvalue weighted by atomic mass is 10.1. The number of nitrogens with one attached hydrogen (secondary N) is 1. The number of pyridine rings is 1. The smallest absolute Gasteiger partial charge is 0.256 e. The molecule has 0 spiro atoms. The number of thiophene rings is 1. The molecule has 3 rings (SSSR count). The summed E-state index contributed by atoms with van der Waals surface area (Å²) in [4.78, 5) is 17.5. The van der Waals surface area contributed by atoms with Crippen LogP contribution in [-0.4, -0.2) is 10.9 Å². The first-order chi connectivity index (χ1) is 10.2. The highest BCUT2D eigenvalue weighted by Crippen LogP contribution is 2.24. The van der Waals surface area contributed by atoms with Crippen molar-refractivity contribution in [1.82, 2.24) is 4.98 Å². The second-order valence-corrected chi connectivity index (χ2v) is 5.67. The molecule has 21 heavy (non-hydrogen) atoms. The number of carbonyl (C=O) groups excluding carboxylic acids is 1. The standard InChI is InChI=1S/C17H14N2OS/c1-12-8-9-18-16(11-12)19-17(20)14-6-4-13(5-7-14)15-3-2-10-21-15/h2-11H,1H3,(H,18,19,20). The third-order valence-corrected chi connectivity index (χ3v) is 4.03. The Kier molecular flexibility index (Phi) is 3.79. The van der Waals surface area contributed by atoms with Gasteiger partial charge < -0.3 is 5.32 Å². The van der Waals surface area contributed by atoms with Crippen LogP contribution in [-0.2, 0) is 0 Å². The number of carbonyl (C=O) groups is 1. The lowest BCUT2D eigenvalue weighted by Gasteiger charge is -2.05. The van der Waals surface area contributed by atoms with Gasteiger partial charge in [0.1, 0.15) is 5.82 Å². The van der Waals surface area contributed by atoms with Crippen molar-refractivity contribution in [2.45, 2.75) is 6.92 Å². The number of aromatic nitrogens is 1. The highest BCUT2D eigenvalue weighted by molar-refractivity contribution is 7.13. The molecule has 1 amide bonds. The molecule has 3 aromatic rings. The van der Waals surface area contributed by atoms with Crippen molar-refractivity contribution in [2.75, 3.05) is 5.32 Å². The van der Waals surface area contributed by atoms with Gasteiger partial charge in [0.15, 0.2) is 0 Å². The number of hydrogen-bond donors (Lipinski definition) is 1. The summed E-state index contributed by atoms with van der Waals surface area (Å²) in [7, 11) is 0. The molecule has 0 saturated carbocycles. The largest absolute Gasteiger partial charge is 0.307 e. The van der Waals surface area contributed by atoms with Gasteiger partial charge in [-0.25, -0.2) is 4.98 Å². The molecule has 1 N–H and O–H groups in total.